The summed E-state index contributed by atoms with van der Waals surface area (Å²) in [7, 11) is 0. The van der Waals surface area contributed by atoms with Crippen LogP contribution in [0.4, 0.5) is 0 Å². The highest BCUT2D eigenvalue weighted by atomic mass is 16.6. The van der Waals surface area contributed by atoms with Crippen LogP contribution in [0.5, 0.6) is 0 Å². The normalized spacial score (nSPS) is 31.4. The van der Waals surface area contributed by atoms with Crippen molar-refractivity contribution < 1.29 is 9.53 Å². The Kier molecular flexibility index (Phi) is 6.32. The molecule has 0 spiro atoms. The maximum Gasteiger partial charge on any atom is 0.312 e. The van der Waals surface area contributed by atoms with E-state index in [1.165, 1.54) is 38.5 Å². The lowest BCUT2D eigenvalue weighted by molar-refractivity contribution is -0.184. The van der Waals surface area contributed by atoms with E-state index in [-0.39, 0.29) is 17.0 Å². The quantitative estimate of drug-likeness (QED) is 0.357. The van der Waals surface area contributed by atoms with Crippen molar-refractivity contribution in [2.75, 3.05) is 0 Å². The topological polar surface area (TPSA) is 26.3 Å². The number of carbonyl (C=O) groups is 1. The van der Waals surface area contributed by atoms with Crippen LogP contribution >= 0.6 is 0 Å². The lowest BCUT2D eigenvalue weighted by Gasteiger charge is -2.43. The zero-order valence-corrected chi connectivity index (χ0v) is 17.9. The Bertz CT molecular complexity index is 461. The molecular formula is C23H42O2. The van der Waals surface area contributed by atoms with Crippen molar-refractivity contribution in [2.45, 2.75) is 112 Å². The number of esters is 1. The molecule has 2 fully saturated rings. The molecule has 4 unspecified atom stereocenters. The van der Waals surface area contributed by atoms with Gasteiger partial charge < -0.3 is 4.74 Å². The first-order valence-electron chi connectivity index (χ1n) is 10.8. The highest BCUT2D eigenvalue weighted by Crippen LogP contribution is 2.55. The minimum Gasteiger partial charge on any atom is -0.458 e. The summed E-state index contributed by atoms with van der Waals surface area (Å²) in [5, 5.41) is 0. The molecule has 0 aromatic heterocycles. The molecule has 0 heterocycles. The van der Waals surface area contributed by atoms with Crippen LogP contribution < -0.4 is 0 Å². The Morgan fingerprint density at radius 3 is 2.28 bits per heavy atom. The Hall–Kier alpha value is -0.530. The second-order valence-corrected chi connectivity index (χ2v) is 10.8. The summed E-state index contributed by atoms with van der Waals surface area (Å²) in [6, 6.07) is 0. The van der Waals surface area contributed by atoms with Gasteiger partial charge in [-0.05, 0) is 75.0 Å². The predicted molar refractivity (Wildman–Crippen MR) is 105 cm³/mol. The number of ether oxygens (including phenoxy) is 1. The van der Waals surface area contributed by atoms with Crippen LogP contribution in [0.15, 0.2) is 0 Å². The van der Waals surface area contributed by atoms with Crippen molar-refractivity contribution in [3.63, 3.8) is 0 Å². The highest BCUT2D eigenvalue weighted by Gasteiger charge is 2.55. The number of hydrogen-bond donors (Lipinski definition) is 0. The third kappa shape index (κ3) is 4.61. The second kappa shape index (κ2) is 7.61. The molecule has 2 nitrogen and oxygen atoms in total. The minimum atomic E-state index is -0.391. The molecule has 0 N–H and O–H groups in total. The van der Waals surface area contributed by atoms with Gasteiger partial charge in [-0.15, -0.1) is 0 Å². The summed E-state index contributed by atoms with van der Waals surface area (Å²) < 4.78 is 6.51. The molecule has 0 aromatic rings. The molecule has 0 amide bonds. The lowest BCUT2D eigenvalue weighted by atomic mass is 9.68. The van der Waals surface area contributed by atoms with Gasteiger partial charge in [-0.25, -0.2) is 0 Å². The maximum absolute atomic E-state index is 13.4. The lowest BCUT2D eigenvalue weighted by Crippen LogP contribution is -2.47. The summed E-state index contributed by atoms with van der Waals surface area (Å²) in [6.45, 7) is 15.4. The maximum atomic E-state index is 13.4. The standard InChI is InChI=1S/C23H42O2/c1-8-9-10-13-23(15-18-11-12-19(23)14-18)25-20(24)22(7,17(2)3)16-21(4,5)6/h17-19H,8-16H2,1-7H3. The zero-order valence-electron chi connectivity index (χ0n) is 17.9. The summed E-state index contributed by atoms with van der Waals surface area (Å²) in [4.78, 5) is 13.4. The Labute approximate surface area is 156 Å². The van der Waals surface area contributed by atoms with Gasteiger partial charge in [0, 0.05) is 0 Å². The number of hydrogen-bond acceptors (Lipinski definition) is 2. The molecule has 2 heteroatoms. The van der Waals surface area contributed by atoms with E-state index >= 15 is 0 Å². The number of rotatable bonds is 8. The average Bonchev–Trinajstić information content (AvgIpc) is 3.06. The Balaban J connectivity index is 2.17. The van der Waals surface area contributed by atoms with Gasteiger partial charge >= 0.3 is 5.97 Å². The van der Waals surface area contributed by atoms with Crippen LogP contribution in [0.25, 0.3) is 0 Å². The molecule has 2 rings (SSSR count). The molecule has 2 saturated carbocycles. The van der Waals surface area contributed by atoms with E-state index in [1.54, 1.807) is 0 Å². The van der Waals surface area contributed by atoms with Gasteiger partial charge in [0.2, 0.25) is 0 Å². The molecule has 0 saturated heterocycles. The third-order valence-electron chi connectivity index (χ3n) is 7.06. The van der Waals surface area contributed by atoms with Gasteiger partial charge in [-0.2, -0.15) is 0 Å². The minimum absolute atomic E-state index is 0.0708. The molecule has 0 aromatic carbocycles. The SMILES string of the molecule is CCCCCC1(OC(=O)C(C)(CC(C)(C)C)C(C)C)CC2CCC1C2. The van der Waals surface area contributed by atoms with Crippen molar-refractivity contribution in [2.24, 2.45) is 28.6 Å². The molecule has 2 bridgehead atoms. The van der Waals surface area contributed by atoms with Gasteiger partial charge in [0.25, 0.3) is 0 Å². The van der Waals surface area contributed by atoms with E-state index < -0.39 is 5.41 Å². The zero-order chi connectivity index (χ0) is 18.9. The molecule has 25 heavy (non-hydrogen) atoms. The summed E-state index contributed by atoms with van der Waals surface area (Å²) in [5.41, 5.74) is -0.414. The first kappa shape index (κ1) is 20.8. The van der Waals surface area contributed by atoms with Crippen LogP contribution in [-0.2, 0) is 9.53 Å². The van der Waals surface area contributed by atoms with Crippen molar-refractivity contribution in [3.05, 3.63) is 0 Å². The Morgan fingerprint density at radius 2 is 1.84 bits per heavy atom. The first-order valence-corrected chi connectivity index (χ1v) is 10.8. The fraction of sp³-hybridized carbons (Fsp3) is 0.957. The van der Waals surface area contributed by atoms with E-state index in [0.29, 0.717) is 11.8 Å². The van der Waals surface area contributed by atoms with Gasteiger partial charge in [0.1, 0.15) is 5.60 Å². The fourth-order valence-electron chi connectivity index (χ4n) is 5.46. The molecule has 0 aliphatic heterocycles. The molecule has 0 radical (unpaired) electrons. The molecule has 2 aliphatic carbocycles. The fourth-order valence-corrected chi connectivity index (χ4v) is 5.46. The molecular weight excluding hydrogens is 308 g/mol. The van der Waals surface area contributed by atoms with Gasteiger partial charge in [-0.3, -0.25) is 4.79 Å². The second-order valence-electron chi connectivity index (χ2n) is 10.8. The van der Waals surface area contributed by atoms with Crippen LogP contribution in [0.1, 0.15) is 106 Å². The van der Waals surface area contributed by atoms with E-state index in [4.69, 9.17) is 4.74 Å². The largest absolute Gasteiger partial charge is 0.458 e. The first-order chi connectivity index (χ1) is 11.5. The Morgan fingerprint density at radius 1 is 1.16 bits per heavy atom. The van der Waals surface area contributed by atoms with Crippen LogP contribution in [0, 0.1) is 28.6 Å². The number of fused-ring (bicyclic) bond motifs is 2. The number of carbonyl (C=O) groups excluding carboxylic acids is 1. The monoisotopic (exact) mass is 350 g/mol. The van der Waals surface area contributed by atoms with Crippen LogP contribution in [0.3, 0.4) is 0 Å². The van der Waals surface area contributed by atoms with Gasteiger partial charge in [0.05, 0.1) is 5.41 Å². The van der Waals surface area contributed by atoms with Gasteiger partial charge in [-0.1, -0.05) is 54.4 Å². The molecule has 146 valence electrons. The molecule has 4 atom stereocenters. The number of unbranched alkanes of at least 4 members (excludes halogenated alkanes) is 2. The smallest absolute Gasteiger partial charge is 0.312 e. The van der Waals surface area contributed by atoms with E-state index in [9.17, 15) is 4.79 Å². The van der Waals surface area contributed by atoms with E-state index in [1.807, 2.05) is 0 Å². The van der Waals surface area contributed by atoms with Crippen molar-refractivity contribution in [3.8, 4) is 0 Å². The summed E-state index contributed by atoms with van der Waals surface area (Å²) in [5.74, 6) is 1.78. The van der Waals surface area contributed by atoms with Crippen LogP contribution in [0.2, 0.25) is 0 Å². The van der Waals surface area contributed by atoms with Crippen molar-refractivity contribution >= 4 is 5.97 Å². The van der Waals surface area contributed by atoms with Crippen molar-refractivity contribution in [1.82, 2.24) is 0 Å². The average molecular weight is 351 g/mol. The van der Waals surface area contributed by atoms with E-state index in [2.05, 4.69) is 48.5 Å². The highest BCUT2D eigenvalue weighted by molar-refractivity contribution is 5.77. The molecule has 2 aliphatic rings. The van der Waals surface area contributed by atoms with Crippen molar-refractivity contribution in [1.29, 1.82) is 0 Å². The van der Waals surface area contributed by atoms with Gasteiger partial charge in [0.15, 0.2) is 0 Å². The predicted octanol–water partition coefficient (Wildman–Crippen LogP) is 6.77. The third-order valence-corrected chi connectivity index (χ3v) is 7.06. The summed E-state index contributed by atoms with van der Waals surface area (Å²) in [6.07, 6.45) is 10.7. The summed E-state index contributed by atoms with van der Waals surface area (Å²) >= 11 is 0. The van der Waals surface area contributed by atoms with E-state index in [0.717, 1.165) is 25.2 Å². The van der Waals surface area contributed by atoms with Crippen LogP contribution in [-0.4, -0.2) is 11.6 Å².